The fourth-order valence-corrected chi connectivity index (χ4v) is 3.69. The Bertz CT molecular complexity index is 993. The summed E-state index contributed by atoms with van der Waals surface area (Å²) in [4.78, 5) is 28.3. The van der Waals surface area contributed by atoms with Crippen molar-refractivity contribution in [2.45, 2.75) is 19.8 Å². The van der Waals surface area contributed by atoms with Gasteiger partial charge in [-0.1, -0.05) is 23.8 Å². The van der Waals surface area contributed by atoms with Gasteiger partial charge in [-0.15, -0.1) is 11.3 Å². The number of aromatic nitrogens is 1. The number of amides is 2. The van der Waals surface area contributed by atoms with Crippen LogP contribution in [0.5, 0.6) is 0 Å². The summed E-state index contributed by atoms with van der Waals surface area (Å²) in [6.45, 7) is 2.01. The van der Waals surface area contributed by atoms with Crippen molar-refractivity contribution < 1.29 is 9.59 Å². The van der Waals surface area contributed by atoms with Gasteiger partial charge >= 0.3 is 0 Å². The molecule has 0 spiro atoms. The van der Waals surface area contributed by atoms with Crippen molar-refractivity contribution in [3.05, 3.63) is 64.0 Å². The number of carbonyl (C=O) groups excluding carboxylic acids is 2. The molecule has 0 atom stereocenters. The Morgan fingerprint density at radius 2 is 2.04 bits per heavy atom. The molecule has 2 N–H and O–H groups in total. The molecule has 5 nitrogen and oxygen atoms in total. The highest BCUT2D eigenvalue weighted by Gasteiger charge is 2.18. The number of hydrogen-bond donors (Lipinski definition) is 2. The largest absolute Gasteiger partial charge is 0.326 e. The van der Waals surface area contributed by atoms with Crippen LogP contribution in [0.25, 0.3) is 11.3 Å². The topological polar surface area (TPSA) is 71.1 Å². The maximum absolute atomic E-state index is 12.2. The molecule has 3 aromatic rings. The van der Waals surface area contributed by atoms with Crippen molar-refractivity contribution in [2.24, 2.45) is 0 Å². The molecule has 0 radical (unpaired) electrons. The first-order valence-electron chi connectivity index (χ1n) is 8.31. The van der Waals surface area contributed by atoms with Gasteiger partial charge < -0.3 is 10.6 Å². The van der Waals surface area contributed by atoms with Crippen LogP contribution >= 0.6 is 11.3 Å². The third-order valence-electron chi connectivity index (χ3n) is 4.22. The zero-order valence-electron chi connectivity index (χ0n) is 14.2. The summed E-state index contributed by atoms with van der Waals surface area (Å²) in [5, 5.41) is 8.42. The second-order valence-electron chi connectivity index (χ2n) is 6.31. The summed E-state index contributed by atoms with van der Waals surface area (Å²) in [7, 11) is 0. The zero-order valence-corrected chi connectivity index (χ0v) is 15.0. The summed E-state index contributed by atoms with van der Waals surface area (Å²) in [5.74, 6) is -0.0672. The van der Waals surface area contributed by atoms with Crippen molar-refractivity contribution in [3.63, 3.8) is 0 Å². The Morgan fingerprint density at radius 1 is 1.23 bits per heavy atom. The third-order valence-corrected chi connectivity index (χ3v) is 5.07. The molecule has 0 saturated heterocycles. The van der Waals surface area contributed by atoms with Crippen LogP contribution in [0.4, 0.5) is 11.4 Å². The number of nitrogens with one attached hydrogen (secondary N) is 2. The standard InChI is InChI=1S/C20H17N3O2S/c1-12-2-5-15(6-3-12)21-19(25)10-20-23-17(11-26-20)13-4-7-16-14(8-13)9-18(24)22-16/h2-8,11H,9-10H2,1H3,(H,21,25)(H,22,24). The van der Waals surface area contributed by atoms with Crippen LogP contribution in [0.2, 0.25) is 0 Å². The van der Waals surface area contributed by atoms with Gasteiger partial charge in [0.1, 0.15) is 5.01 Å². The Kier molecular flexibility index (Phi) is 4.26. The Hall–Kier alpha value is -2.99. The highest BCUT2D eigenvalue weighted by Crippen LogP contribution is 2.29. The predicted molar refractivity (Wildman–Crippen MR) is 103 cm³/mol. The van der Waals surface area contributed by atoms with E-state index in [4.69, 9.17) is 0 Å². The normalized spacial score (nSPS) is 12.6. The number of anilines is 2. The van der Waals surface area contributed by atoms with Crippen LogP contribution < -0.4 is 10.6 Å². The summed E-state index contributed by atoms with van der Waals surface area (Å²) >= 11 is 1.47. The van der Waals surface area contributed by atoms with Crippen LogP contribution in [-0.4, -0.2) is 16.8 Å². The zero-order chi connectivity index (χ0) is 18.1. The van der Waals surface area contributed by atoms with Gasteiger partial charge in [-0.3, -0.25) is 9.59 Å². The monoisotopic (exact) mass is 363 g/mol. The lowest BCUT2D eigenvalue weighted by molar-refractivity contribution is -0.116. The Labute approximate surface area is 155 Å². The first-order chi connectivity index (χ1) is 12.6. The lowest BCUT2D eigenvalue weighted by atomic mass is 10.1. The first kappa shape index (κ1) is 16.5. The minimum absolute atomic E-state index is 0.0175. The summed E-state index contributed by atoms with van der Waals surface area (Å²) < 4.78 is 0. The molecule has 0 saturated carbocycles. The van der Waals surface area contributed by atoms with Gasteiger partial charge in [0.2, 0.25) is 11.8 Å². The fraction of sp³-hybridized carbons (Fsp3) is 0.150. The van der Waals surface area contributed by atoms with Gasteiger partial charge in [-0.05, 0) is 36.8 Å². The molecule has 1 aliphatic heterocycles. The van der Waals surface area contributed by atoms with E-state index in [0.29, 0.717) is 6.42 Å². The van der Waals surface area contributed by atoms with E-state index < -0.39 is 0 Å². The molecule has 1 aliphatic rings. The SMILES string of the molecule is Cc1ccc(NC(=O)Cc2nc(-c3ccc4c(c3)CC(=O)N4)cs2)cc1. The van der Waals surface area contributed by atoms with Crippen molar-refractivity contribution in [3.8, 4) is 11.3 Å². The number of nitrogens with zero attached hydrogens (tertiary/aromatic N) is 1. The number of benzene rings is 2. The molecule has 0 bridgehead atoms. The van der Waals surface area contributed by atoms with E-state index in [-0.39, 0.29) is 18.2 Å². The highest BCUT2D eigenvalue weighted by molar-refractivity contribution is 7.10. The van der Waals surface area contributed by atoms with E-state index in [2.05, 4.69) is 15.6 Å². The van der Waals surface area contributed by atoms with E-state index in [1.54, 1.807) is 0 Å². The molecule has 130 valence electrons. The first-order valence-corrected chi connectivity index (χ1v) is 9.19. The maximum Gasteiger partial charge on any atom is 0.231 e. The van der Waals surface area contributed by atoms with E-state index in [0.717, 1.165) is 38.8 Å². The summed E-state index contributed by atoms with van der Waals surface area (Å²) in [5.41, 5.74) is 5.58. The Balaban J connectivity index is 1.45. The molecule has 0 aliphatic carbocycles. The second kappa shape index (κ2) is 6.72. The third kappa shape index (κ3) is 3.50. The van der Waals surface area contributed by atoms with E-state index >= 15 is 0 Å². The maximum atomic E-state index is 12.2. The number of hydrogen-bond acceptors (Lipinski definition) is 4. The molecule has 0 unspecified atom stereocenters. The molecular formula is C20H17N3O2S. The minimum Gasteiger partial charge on any atom is -0.326 e. The van der Waals surface area contributed by atoms with Crippen molar-refractivity contribution >= 4 is 34.5 Å². The van der Waals surface area contributed by atoms with Crippen LogP contribution in [0.15, 0.2) is 47.8 Å². The predicted octanol–water partition coefficient (Wildman–Crippen LogP) is 3.79. The molecule has 2 amide bonds. The van der Waals surface area contributed by atoms with Crippen LogP contribution in [0, 0.1) is 6.92 Å². The Morgan fingerprint density at radius 3 is 2.85 bits per heavy atom. The van der Waals surface area contributed by atoms with Gasteiger partial charge in [0.25, 0.3) is 0 Å². The number of carbonyl (C=O) groups is 2. The van der Waals surface area contributed by atoms with Gasteiger partial charge in [0, 0.05) is 22.3 Å². The molecule has 4 rings (SSSR count). The van der Waals surface area contributed by atoms with Crippen LogP contribution in [0.3, 0.4) is 0 Å². The summed E-state index contributed by atoms with van der Waals surface area (Å²) in [6.07, 6.45) is 0.642. The molecule has 2 heterocycles. The lowest BCUT2D eigenvalue weighted by Gasteiger charge is -2.04. The minimum atomic E-state index is -0.0847. The summed E-state index contributed by atoms with van der Waals surface area (Å²) in [6, 6.07) is 13.5. The van der Waals surface area contributed by atoms with Crippen molar-refractivity contribution in [1.29, 1.82) is 0 Å². The smallest absolute Gasteiger partial charge is 0.231 e. The van der Waals surface area contributed by atoms with E-state index in [1.807, 2.05) is 54.8 Å². The number of rotatable bonds is 4. The number of thiazole rings is 1. The van der Waals surface area contributed by atoms with Gasteiger partial charge in [-0.25, -0.2) is 4.98 Å². The molecule has 1 aromatic heterocycles. The molecule has 2 aromatic carbocycles. The number of fused-ring (bicyclic) bond motifs is 1. The molecule has 6 heteroatoms. The van der Waals surface area contributed by atoms with Crippen LogP contribution in [-0.2, 0) is 22.4 Å². The van der Waals surface area contributed by atoms with E-state index in [9.17, 15) is 9.59 Å². The van der Waals surface area contributed by atoms with E-state index in [1.165, 1.54) is 11.3 Å². The molecular weight excluding hydrogens is 346 g/mol. The molecule has 0 fully saturated rings. The van der Waals surface area contributed by atoms with Gasteiger partial charge in [0.15, 0.2) is 0 Å². The van der Waals surface area contributed by atoms with Gasteiger partial charge in [-0.2, -0.15) is 0 Å². The quantitative estimate of drug-likeness (QED) is 0.741. The lowest BCUT2D eigenvalue weighted by Crippen LogP contribution is -2.14. The average Bonchev–Trinajstić information content (AvgIpc) is 3.21. The second-order valence-corrected chi connectivity index (χ2v) is 7.26. The average molecular weight is 363 g/mol. The van der Waals surface area contributed by atoms with Crippen molar-refractivity contribution in [2.75, 3.05) is 10.6 Å². The fourth-order valence-electron chi connectivity index (χ4n) is 2.89. The van der Waals surface area contributed by atoms with Gasteiger partial charge in [0.05, 0.1) is 18.5 Å². The highest BCUT2D eigenvalue weighted by atomic mass is 32.1. The number of aryl methyl sites for hydroxylation is 1. The van der Waals surface area contributed by atoms with Crippen molar-refractivity contribution in [1.82, 2.24) is 4.98 Å². The van der Waals surface area contributed by atoms with Crippen LogP contribution in [0.1, 0.15) is 16.1 Å². The molecule has 26 heavy (non-hydrogen) atoms.